The zero-order chi connectivity index (χ0) is 17.9. The molecule has 0 bridgehead atoms. The van der Waals surface area contributed by atoms with E-state index in [2.05, 4.69) is 32.3 Å². The molecule has 1 saturated heterocycles. The molecule has 7 nitrogen and oxygen atoms in total. The maximum Gasteiger partial charge on any atom is 0.254 e. The lowest BCUT2D eigenvalue weighted by Gasteiger charge is -2.33. The van der Waals surface area contributed by atoms with Gasteiger partial charge in [0.2, 0.25) is 0 Å². The van der Waals surface area contributed by atoms with Crippen molar-refractivity contribution in [2.24, 2.45) is 0 Å². The predicted octanol–water partition coefficient (Wildman–Crippen LogP) is 2.78. The molecule has 1 amide bonds. The van der Waals surface area contributed by atoms with Crippen molar-refractivity contribution in [1.29, 1.82) is 0 Å². The van der Waals surface area contributed by atoms with Crippen LogP contribution < -0.4 is 0 Å². The van der Waals surface area contributed by atoms with Gasteiger partial charge in [0.1, 0.15) is 6.33 Å². The number of carbonyl (C=O) groups is 1. The number of piperidine rings is 1. The van der Waals surface area contributed by atoms with Crippen LogP contribution in [0.2, 0.25) is 0 Å². The lowest BCUT2D eigenvalue weighted by molar-refractivity contribution is 0.0706. The highest BCUT2D eigenvalue weighted by molar-refractivity contribution is 6.00. The quantitative estimate of drug-likeness (QED) is 0.757. The fraction of sp³-hybridized carbons (Fsp3) is 0.368. The average molecular weight is 350 g/mol. The van der Waals surface area contributed by atoms with Crippen LogP contribution in [0.4, 0.5) is 0 Å². The molecule has 1 aliphatic heterocycles. The normalized spacial score (nSPS) is 17.4. The van der Waals surface area contributed by atoms with Crippen LogP contribution in [0, 0.1) is 0 Å². The third-order valence-corrected chi connectivity index (χ3v) is 5.08. The first kappa shape index (κ1) is 16.5. The van der Waals surface area contributed by atoms with Crippen LogP contribution in [0.25, 0.3) is 11.4 Å². The summed E-state index contributed by atoms with van der Waals surface area (Å²) in [6, 6.07) is 7.56. The van der Waals surface area contributed by atoms with Crippen molar-refractivity contribution in [2.75, 3.05) is 13.1 Å². The van der Waals surface area contributed by atoms with Crippen LogP contribution in [-0.2, 0) is 6.42 Å². The number of likely N-dealkylation sites (tertiary alicyclic amines) is 1. The summed E-state index contributed by atoms with van der Waals surface area (Å²) in [6.45, 7) is 3.61. The van der Waals surface area contributed by atoms with Crippen molar-refractivity contribution in [3.63, 3.8) is 0 Å². The van der Waals surface area contributed by atoms with E-state index in [0.717, 1.165) is 31.4 Å². The zero-order valence-corrected chi connectivity index (χ0v) is 14.8. The van der Waals surface area contributed by atoms with E-state index < -0.39 is 0 Å². The molecule has 1 atom stereocenters. The number of aromatic nitrogens is 5. The number of benzene rings is 1. The average Bonchev–Trinajstić information content (AvgIpc) is 3.39. The van der Waals surface area contributed by atoms with Gasteiger partial charge in [0, 0.05) is 30.3 Å². The Kier molecular flexibility index (Phi) is 4.51. The number of hydrogen-bond acceptors (Lipinski definition) is 4. The number of aromatic amines is 2. The molecule has 7 heteroatoms. The SMILES string of the molecule is CCc1cn[nH]c1C1CCCN(C(=O)c2ccccc2-c2ncn[nH]2)C1. The van der Waals surface area contributed by atoms with Crippen LogP contribution >= 0.6 is 0 Å². The standard InChI is InChI=1S/C19H22N6O/c1-2-13-10-21-23-17(13)14-6-5-9-25(11-14)19(26)16-8-4-3-7-15(16)18-20-12-22-24-18/h3-4,7-8,10,12,14H,2,5-6,9,11H2,1H3,(H,21,23)(H,20,22,24). The maximum absolute atomic E-state index is 13.2. The number of nitrogens with zero attached hydrogens (tertiary/aromatic N) is 4. The minimum atomic E-state index is 0.0410. The van der Waals surface area contributed by atoms with Crippen LogP contribution in [0.15, 0.2) is 36.8 Å². The molecule has 2 N–H and O–H groups in total. The Labute approximate surface area is 151 Å². The summed E-state index contributed by atoms with van der Waals surface area (Å²) < 4.78 is 0. The fourth-order valence-corrected chi connectivity index (χ4v) is 3.74. The van der Waals surface area contributed by atoms with E-state index in [1.807, 2.05) is 35.4 Å². The first-order valence-electron chi connectivity index (χ1n) is 9.04. The highest BCUT2D eigenvalue weighted by atomic mass is 16.2. The van der Waals surface area contributed by atoms with Gasteiger partial charge < -0.3 is 4.90 Å². The van der Waals surface area contributed by atoms with Gasteiger partial charge in [-0.25, -0.2) is 4.98 Å². The Bertz CT molecular complexity index is 885. The number of nitrogens with one attached hydrogen (secondary N) is 2. The summed E-state index contributed by atoms with van der Waals surface area (Å²) in [6.07, 6.45) is 6.36. The minimum Gasteiger partial charge on any atom is -0.338 e. The molecule has 1 fully saturated rings. The Balaban J connectivity index is 1.59. The maximum atomic E-state index is 13.2. The molecule has 2 aromatic heterocycles. The van der Waals surface area contributed by atoms with Crippen molar-refractivity contribution in [3.05, 3.63) is 53.6 Å². The molecule has 0 radical (unpaired) electrons. The topological polar surface area (TPSA) is 90.6 Å². The molecule has 1 unspecified atom stereocenters. The Hall–Kier alpha value is -2.96. The second kappa shape index (κ2) is 7.11. The second-order valence-electron chi connectivity index (χ2n) is 6.63. The zero-order valence-electron chi connectivity index (χ0n) is 14.8. The van der Waals surface area contributed by atoms with Gasteiger partial charge in [-0.1, -0.05) is 25.1 Å². The van der Waals surface area contributed by atoms with Gasteiger partial charge in [-0.15, -0.1) is 0 Å². The highest BCUT2D eigenvalue weighted by Gasteiger charge is 2.28. The molecule has 0 saturated carbocycles. The van der Waals surface area contributed by atoms with Crippen molar-refractivity contribution in [2.45, 2.75) is 32.1 Å². The molecule has 3 heterocycles. The molecular formula is C19H22N6O. The summed E-state index contributed by atoms with van der Waals surface area (Å²) in [5.74, 6) is 0.964. The first-order chi connectivity index (χ1) is 12.8. The predicted molar refractivity (Wildman–Crippen MR) is 97.7 cm³/mol. The van der Waals surface area contributed by atoms with Gasteiger partial charge in [0.15, 0.2) is 5.82 Å². The molecular weight excluding hydrogens is 328 g/mol. The highest BCUT2D eigenvalue weighted by Crippen LogP contribution is 2.30. The first-order valence-corrected chi connectivity index (χ1v) is 9.04. The largest absolute Gasteiger partial charge is 0.338 e. The van der Waals surface area contributed by atoms with Gasteiger partial charge >= 0.3 is 0 Å². The summed E-state index contributed by atoms with van der Waals surface area (Å²) in [5, 5.41) is 14.1. The van der Waals surface area contributed by atoms with Crippen molar-refractivity contribution < 1.29 is 4.79 Å². The number of rotatable bonds is 4. The monoisotopic (exact) mass is 350 g/mol. The molecule has 0 aliphatic carbocycles. The fourth-order valence-electron chi connectivity index (χ4n) is 3.74. The molecule has 26 heavy (non-hydrogen) atoms. The smallest absolute Gasteiger partial charge is 0.254 e. The van der Waals surface area contributed by atoms with Crippen LogP contribution in [-0.4, -0.2) is 49.3 Å². The van der Waals surface area contributed by atoms with Gasteiger partial charge in [-0.05, 0) is 30.9 Å². The van der Waals surface area contributed by atoms with Gasteiger partial charge in [0.25, 0.3) is 5.91 Å². The molecule has 0 spiro atoms. The third-order valence-electron chi connectivity index (χ3n) is 5.08. The van der Waals surface area contributed by atoms with Crippen LogP contribution in [0.3, 0.4) is 0 Å². The summed E-state index contributed by atoms with van der Waals surface area (Å²) >= 11 is 0. The summed E-state index contributed by atoms with van der Waals surface area (Å²) in [7, 11) is 0. The summed E-state index contributed by atoms with van der Waals surface area (Å²) in [4.78, 5) is 19.4. The Morgan fingerprint density at radius 1 is 1.27 bits per heavy atom. The van der Waals surface area contributed by atoms with Gasteiger partial charge in [-0.2, -0.15) is 10.2 Å². The number of carbonyl (C=O) groups excluding carboxylic acids is 1. The molecule has 1 aromatic carbocycles. The van der Waals surface area contributed by atoms with Crippen molar-refractivity contribution in [3.8, 4) is 11.4 Å². The van der Waals surface area contributed by atoms with E-state index in [1.54, 1.807) is 0 Å². The van der Waals surface area contributed by atoms with E-state index in [1.165, 1.54) is 17.6 Å². The lowest BCUT2D eigenvalue weighted by atomic mass is 9.91. The van der Waals surface area contributed by atoms with Crippen LogP contribution in [0.5, 0.6) is 0 Å². The van der Waals surface area contributed by atoms with Crippen molar-refractivity contribution in [1.82, 2.24) is 30.3 Å². The van der Waals surface area contributed by atoms with Gasteiger partial charge in [0.05, 0.1) is 11.8 Å². The third kappa shape index (κ3) is 3.00. The number of amides is 1. The van der Waals surface area contributed by atoms with Crippen molar-refractivity contribution >= 4 is 5.91 Å². The molecule has 134 valence electrons. The minimum absolute atomic E-state index is 0.0410. The van der Waals surface area contributed by atoms with E-state index in [4.69, 9.17) is 0 Å². The second-order valence-corrected chi connectivity index (χ2v) is 6.63. The van der Waals surface area contributed by atoms with E-state index >= 15 is 0 Å². The number of H-pyrrole nitrogens is 2. The van der Waals surface area contributed by atoms with E-state index in [9.17, 15) is 4.79 Å². The molecule has 1 aliphatic rings. The van der Waals surface area contributed by atoms with Gasteiger partial charge in [-0.3, -0.25) is 15.0 Å². The van der Waals surface area contributed by atoms with E-state index in [0.29, 0.717) is 23.9 Å². The van der Waals surface area contributed by atoms with Crippen LogP contribution in [0.1, 0.15) is 47.3 Å². The Morgan fingerprint density at radius 2 is 2.15 bits per heavy atom. The lowest BCUT2D eigenvalue weighted by Crippen LogP contribution is -2.39. The number of hydrogen-bond donors (Lipinski definition) is 2. The molecule has 4 rings (SSSR count). The van der Waals surface area contributed by atoms with E-state index in [-0.39, 0.29) is 5.91 Å². The Morgan fingerprint density at radius 3 is 2.96 bits per heavy atom. The number of aryl methyl sites for hydroxylation is 1. The summed E-state index contributed by atoms with van der Waals surface area (Å²) in [5.41, 5.74) is 3.86. The molecule has 3 aromatic rings.